The van der Waals surface area contributed by atoms with Crippen LogP contribution in [-0.2, 0) is 6.42 Å². The van der Waals surface area contributed by atoms with Gasteiger partial charge in [0.2, 0.25) is 5.88 Å². The number of ether oxygens (including phenoxy) is 1. The van der Waals surface area contributed by atoms with Crippen molar-refractivity contribution in [2.24, 2.45) is 0 Å². The number of alkyl halides is 3. The first-order valence-electron chi connectivity index (χ1n) is 8.23. The summed E-state index contributed by atoms with van der Waals surface area (Å²) in [5, 5.41) is 3.11. The van der Waals surface area contributed by atoms with Gasteiger partial charge in [-0.15, -0.1) is 9.24 Å². The Hall–Kier alpha value is -1.72. The normalized spacial score (nSPS) is 16.9. The van der Waals surface area contributed by atoms with E-state index in [1.165, 1.54) is 6.07 Å². The number of nitrogens with zero attached hydrogens (tertiary/aromatic N) is 1. The molecule has 3 rings (SSSR count). The van der Waals surface area contributed by atoms with E-state index in [2.05, 4.69) is 19.5 Å². The largest absolute Gasteiger partial charge is 0.473 e. The van der Waals surface area contributed by atoms with Crippen LogP contribution in [0.1, 0.15) is 17.7 Å². The summed E-state index contributed by atoms with van der Waals surface area (Å²) in [7, 11) is 2.45. The van der Waals surface area contributed by atoms with Crippen LogP contribution in [0.3, 0.4) is 0 Å². The van der Waals surface area contributed by atoms with Crippen molar-refractivity contribution < 1.29 is 22.3 Å². The summed E-state index contributed by atoms with van der Waals surface area (Å²) >= 11 is 0. The van der Waals surface area contributed by atoms with Gasteiger partial charge in [-0.25, -0.2) is 9.37 Å². The van der Waals surface area contributed by atoms with E-state index in [1.807, 2.05) is 6.07 Å². The average Bonchev–Trinajstić information content (AvgIpc) is 2.52. The SMILES string of the molecule is Cc1cc(-c2ccc(P)cc2F)c2c(n1)OC(CNCC(F)(F)F)CC2. The molecule has 0 fully saturated rings. The second-order valence-electron chi connectivity index (χ2n) is 6.36. The molecular formula is C18H19F4N2OP. The molecule has 0 aliphatic carbocycles. The summed E-state index contributed by atoms with van der Waals surface area (Å²) in [6, 6.07) is 6.77. The van der Waals surface area contributed by atoms with Crippen molar-refractivity contribution in [1.29, 1.82) is 0 Å². The molecule has 2 atom stereocenters. The molecule has 0 radical (unpaired) electrons. The fraction of sp³-hybridized carbons (Fsp3) is 0.389. The van der Waals surface area contributed by atoms with E-state index in [4.69, 9.17) is 4.74 Å². The Balaban J connectivity index is 1.83. The molecule has 1 aliphatic heterocycles. The Morgan fingerprint density at radius 1 is 1.27 bits per heavy atom. The monoisotopic (exact) mass is 386 g/mol. The minimum absolute atomic E-state index is 0.0834. The molecule has 0 saturated carbocycles. The van der Waals surface area contributed by atoms with Gasteiger partial charge in [0.15, 0.2) is 0 Å². The van der Waals surface area contributed by atoms with E-state index in [1.54, 1.807) is 19.1 Å². The van der Waals surface area contributed by atoms with Crippen LogP contribution in [0.2, 0.25) is 0 Å². The second-order valence-corrected chi connectivity index (χ2v) is 7.03. The number of benzene rings is 1. The summed E-state index contributed by atoms with van der Waals surface area (Å²) < 4.78 is 57.0. The number of aromatic nitrogens is 1. The van der Waals surface area contributed by atoms with Crippen molar-refractivity contribution in [1.82, 2.24) is 10.3 Å². The average molecular weight is 386 g/mol. The van der Waals surface area contributed by atoms with Crippen molar-refractivity contribution >= 4 is 14.5 Å². The van der Waals surface area contributed by atoms with Gasteiger partial charge in [0.1, 0.15) is 11.9 Å². The van der Waals surface area contributed by atoms with Crippen LogP contribution in [0.4, 0.5) is 17.6 Å². The molecule has 2 heterocycles. The first-order valence-corrected chi connectivity index (χ1v) is 8.81. The van der Waals surface area contributed by atoms with Gasteiger partial charge >= 0.3 is 6.18 Å². The Kier molecular flexibility index (Phi) is 5.49. The van der Waals surface area contributed by atoms with Crippen LogP contribution in [0.25, 0.3) is 11.1 Å². The lowest BCUT2D eigenvalue weighted by Gasteiger charge is -2.27. The zero-order chi connectivity index (χ0) is 18.9. The summed E-state index contributed by atoms with van der Waals surface area (Å²) in [6.45, 7) is 0.805. The molecule has 140 valence electrons. The molecule has 2 aromatic rings. The zero-order valence-corrected chi connectivity index (χ0v) is 15.3. The second kappa shape index (κ2) is 7.49. The van der Waals surface area contributed by atoms with Crippen LogP contribution < -0.4 is 15.4 Å². The van der Waals surface area contributed by atoms with Crippen molar-refractivity contribution in [3.63, 3.8) is 0 Å². The third-order valence-electron chi connectivity index (χ3n) is 4.19. The Labute approximate surface area is 151 Å². The van der Waals surface area contributed by atoms with Crippen molar-refractivity contribution in [2.45, 2.75) is 32.0 Å². The van der Waals surface area contributed by atoms with E-state index < -0.39 is 18.8 Å². The molecule has 3 nitrogen and oxygen atoms in total. The molecular weight excluding hydrogens is 367 g/mol. The topological polar surface area (TPSA) is 34.1 Å². The van der Waals surface area contributed by atoms with Gasteiger partial charge in [0, 0.05) is 23.4 Å². The standard InChI is InChI=1S/C18H19F4N2OP/c1-10-6-15(13-5-3-12(26)7-16(13)19)14-4-2-11(25-17(14)24-10)8-23-9-18(20,21)22/h3,5-7,11,23H,2,4,8-9,26H2,1H3. The highest BCUT2D eigenvalue weighted by Crippen LogP contribution is 2.36. The molecule has 26 heavy (non-hydrogen) atoms. The van der Waals surface area contributed by atoms with E-state index >= 15 is 0 Å². The quantitative estimate of drug-likeness (QED) is 0.645. The number of hydrogen-bond donors (Lipinski definition) is 1. The summed E-state index contributed by atoms with van der Waals surface area (Å²) in [6.07, 6.45) is -3.54. The van der Waals surface area contributed by atoms with Crippen LogP contribution in [0.5, 0.6) is 5.88 Å². The van der Waals surface area contributed by atoms with Gasteiger partial charge in [-0.1, -0.05) is 12.1 Å². The predicted octanol–water partition coefficient (Wildman–Crippen LogP) is 3.54. The molecule has 0 saturated heterocycles. The molecule has 2 unspecified atom stereocenters. The highest BCUT2D eigenvalue weighted by molar-refractivity contribution is 7.27. The lowest BCUT2D eigenvalue weighted by Crippen LogP contribution is -2.38. The number of pyridine rings is 1. The third-order valence-corrected chi connectivity index (χ3v) is 4.55. The summed E-state index contributed by atoms with van der Waals surface area (Å²) in [5.41, 5.74) is 2.64. The molecule has 1 aromatic carbocycles. The van der Waals surface area contributed by atoms with Gasteiger partial charge in [-0.3, -0.25) is 0 Å². The molecule has 0 bridgehead atoms. The predicted molar refractivity (Wildman–Crippen MR) is 95.4 cm³/mol. The van der Waals surface area contributed by atoms with Gasteiger partial charge < -0.3 is 10.1 Å². The van der Waals surface area contributed by atoms with Crippen LogP contribution in [0, 0.1) is 12.7 Å². The number of nitrogens with one attached hydrogen (secondary N) is 1. The smallest absolute Gasteiger partial charge is 0.401 e. The highest BCUT2D eigenvalue weighted by atomic mass is 31.0. The van der Waals surface area contributed by atoms with E-state index in [0.717, 1.165) is 16.4 Å². The van der Waals surface area contributed by atoms with Gasteiger partial charge in [0.05, 0.1) is 6.54 Å². The van der Waals surface area contributed by atoms with Gasteiger partial charge in [0.25, 0.3) is 0 Å². The van der Waals surface area contributed by atoms with Gasteiger partial charge in [-0.2, -0.15) is 13.2 Å². The fourth-order valence-electron chi connectivity index (χ4n) is 3.04. The number of rotatable bonds is 4. The third kappa shape index (κ3) is 4.51. The van der Waals surface area contributed by atoms with Gasteiger partial charge in [-0.05, 0) is 42.8 Å². The Morgan fingerprint density at radius 2 is 2.04 bits per heavy atom. The summed E-state index contributed by atoms with van der Waals surface area (Å²) in [4.78, 5) is 4.36. The minimum Gasteiger partial charge on any atom is -0.473 e. The number of fused-ring (bicyclic) bond motifs is 1. The van der Waals surface area contributed by atoms with E-state index in [0.29, 0.717) is 30.0 Å². The van der Waals surface area contributed by atoms with Crippen LogP contribution >= 0.6 is 9.24 Å². The molecule has 1 N–H and O–H groups in total. The Morgan fingerprint density at radius 3 is 2.73 bits per heavy atom. The lowest BCUT2D eigenvalue weighted by molar-refractivity contribution is -0.125. The summed E-state index contributed by atoms with van der Waals surface area (Å²) in [5.74, 6) is 0.0404. The molecule has 0 spiro atoms. The molecule has 8 heteroatoms. The van der Waals surface area contributed by atoms with Crippen molar-refractivity contribution in [3.05, 3.63) is 41.3 Å². The van der Waals surface area contributed by atoms with Crippen molar-refractivity contribution in [2.75, 3.05) is 13.1 Å². The Bertz CT molecular complexity index is 811. The molecule has 1 aliphatic rings. The zero-order valence-electron chi connectivity index (χ0n) is 14.2. The lowest BCUT2D eigenvalue weighted by atomic mass is 9.94. The maximum Gasteiger partial charge on any atom is 0.401 e. The minimum atomic E-state index is -4.25. The highest BCUT2D eigenvalue weighted by Gasteiger charge is 2.29. The van der Waals surface area contributed by atoms with E-state index in [9.17, 15) is 17.6 Å². The van der Waals surface area contributed by atoms with Crippen LogP contribution in [0.15, 0.2) is 24.3 Å². The molecule has 0 amide bonds. The first kappa shape index (κ1) is 19.1. The maximum atomic E-state index is 14.4. The number of halogens is 4. The number of hydrogen-bond acceptors (Lipinski definition) is 3. The number of aryl methyl sites for hydroxylation is 1. The van der Waals surface area contributed by atoms with E-state index in [-0.39, 0.29) is 12.4 Å². The fourth-order valence-corrected chi connectivity index (χ4v) is 3.28. The van der Waals surface area contributed by atoms with Crippen molar-refractivity contribution in [3.8, 4) is 17.0 Å². The van der Waals surface area contributed by atoms with Crippen LogP contribution in [-0.4, -0.2) is 30.4 Å². The molecule has 1 aromatic heterocycles. The maximum absolute atomic E-state index is 14.4. The first-order chi connectivity index (χ1) is 12.2.